The van der Waals surface area contributed by atoms with Crippen molar-refractivity contribution in [3.05, 3.63) is 50.6 Å². The molecule has 0 N–H and O–H groups in total. The molecule has 1 aromatic carbocycles. The molecule has 1 aromatic heterocycles. The zero-order valence-electron chi connectivity index (χ0n) is 13.3. The highest BCUT2D eigenvalue weighted by Crippen LogP contribution is 2.24. The van der Waals surface area contributed by atoms with Gasteiger partial charge in [-0.1, -0.05) is 12.1 Å². The van der Waals surface area contributed by atoms with Gasteiger partial charge in [0.1, 0.15) is 0 Å². The van der Waals surface area contributed by atoms with E-state index in [4.69, 9.17) is 0 Å². The zero-order valence-corrected chi connectivity index (χ0v) is 15.7. The molecule has 1 aliphatic heterocycles. The van der Waals surface area contributed by atoms with E-state index in [1.165, 1.54) is 36.3 Å². The van der Waals surface area contributed by atoms with Crippen LogP contribution in [0.5, 0.6) is 0 Å². The number of anilines is 1. The molecule has 2 aromatic rings. The summed E-state index contributed by atoms with van der Waals surface area (Å²) in [6.07, 6.45) is 3.92. The van der Waals surface area contributed by atoms with E-state index < -0.39 is 0 Å². The minimum atomic E-state index is 0.0702. The molecule has 1 aliphatic rings. The molecule has 3 nitrogen and oxygen atoms in total. The largest absolute Gasteiger partial charge is 0.372 e. The molecule has 1 fully saturated rings. The standard InChI is InChI=1S/C18H21BrN2OS/c1-20(18(22)16-9-10-17(19)23-16)13-14-5-7-15(8-6-14)21-11-3-2-4-12-21/h5-10H,2-4,11-13H2,1H3. The van der Waals surface area contributed by atoms with Crippen molar-refractivity contribution in [2.24, 2.45) is 0 Å². The van der Waals surface area contributed by atoms with E-state index in [9.17, 15) is 4.79 Å². The third-order valence-corrected chi connectivity index (χ3v) is 5.82. The highest BCUT2D eigenvalue weighted by Gasteiger charge is 2.15. The van der Waals surface area contributed by atoms with Gasteiger partial charge in [0.2, 0.25) is 0 Å². The molecule has 0 radical (unpaired) electrons. The fraction of sp³-hybridized carbons (Fsp3) is 0.389. The summed E-state index contributed by atoms with van der Waals surface area (Å²) in [5.41, 5.74) is 2.46. The first kappa shape index (κ1) is 16.5. The van der Waals surface area contributed by atoms with Gasteiger partial charge in [-0.3, -0.25) is 4.79 Å². The monoisotopic (exact) mass is 392 g/mol. The second-order valence-electron chi connectivity index (χ2n) is 5.98. The molecule has 0 saturated carbocycles. The van der Waals surface area contributed by atoms with E-state index in [-0.39, 0.29) is 5.91 Å². The van der Waals surface area contributed by atoms with Crippen LogP contribution in [0.4, 0.5) is 5.69 Å². The van der Waals surface area contributed by atoms with Gasteiger partial charge in [-0.05, 0) is 65.0 Å². The molecule has 3 rings (SSSR count). The molecule has 1 amide bonds. The van der Waals surface area contributed by atoms with Crippen LogP contribution in [0, 0.1) is 0 Å². The average molecular weight is 393 g/mol. The quantitative estimate of drug-likeness (QED) is 0.747. The van der Waals surface area contributed by atoms with Crippen LogP contribution in [0.2, 0.25) is 0 Å². The third kappa shape index (κ3) is 4.15. The first-order chi connectivity index (χ1) is 11.1. The fourth-order valence-electron chi connectivity index (χ4n) is 2.93. The summed E-state index contributed by atoms with van der Waals surface area (Å²) in [5, 5.41) is 0. The van der Waals surface area contributed by atoms with E-state index >= 15 is 0 Å². The lowest BCUT2D eigenvalue weighted by molar-refractivity contribution is 0.0790. The number of piperidine rings is 1. The summed E-state index contributed by atoms with van der Waals surface area (Å²) >= 11 is 4.88. The van der Waals surface area contributed by atoms with Crippen molar-refractivity contribution in [1.29, 1.82) is 0 Å². The Kier molecular flexibility index (Phi) is 5.38. The number of rotatable bonds is 4. The van der Waals surface area contributed by atoms with Crippen LogP contribution in [0.15, 0.2) is 40.2 Å². The van der Waals surface area contributed by atoms with Crippen molar-refractivity contribution in [2.75, 3.05) is 25.0 Å². The second-order valence-corrected chi connectivity index (χ2v) is 8.44. The van der Waals surface area contributed by atoms with Crippen molar-refractivity contribution >= 4 is 38.9 Å². The minimum absolute atomic E-state index is 0.0702. The Morgan fingerprint density at radius 3 is 2.43 bits per heavy atom. The normalized spacial score (nSPS) is 14.8. The highest BCUT2D eigenvalue weighted by molar-refractivity contribution is 9.11. The van der Waals surface area contributed by atoms with E-state index in [2.05, 4.69) is 45.1 Å². The van der Waals surface area contributed by atoms with Gasteiger partial charge in [-0.2, -0.15) is 0 Å². The van der Waals surface area contributed by atoms with Crippen molar-refractivity contribution in [1.82, 2.24) is 4.90 Å². The van der Waals surface area contributed by atoms with Gasteiger partial charge in [0.05, 0.1) is 8.66 Å². The molecule has 1 saturated heterocycles. The lowest BCUT2D eigenvalue weighted by Crippen LogP contribution is -2.29. The van der Waals surface area contributed by atoms with Crippen LogP contribution in [0.25, 0.3) is 0 Å². The maximum absolute atomic E-state index is 12.4. The molecule has 0 unspecified atom stereocenters. The van der Waals surface area contributed by atoms with Crippen LogP contribution in [-0.4, -0.2) is 30.9 Å². The Hall–Kier alpha value is -1.33. The molecule has 0 atom stereocenters. The van der Waals surface area contributed by atoms with E-state index in [0.717, 1.165) is 27.3 Å². The smallest absolute Gasteiger partial charge is 0.264 e. The SMILES string of the molecule is CN(Cc1ccc(N2CCCCC2)cc1)C(=O)c1ccc(Br)s1. The molecule has 23 heavy (non-hydrogen) atoms. The lowest BCUT2D eigenvalue weighted by Gasteiger charge is -2.29. The third-order valence-electron chi connectivity index (χ3n) is 4.21. The summed E-state index contributed by atoms with van der Waals surface area (Å²) in [5.74, 6) is 0.0702. The predicted octanol–water partition coefficient (Wildman–Crippen LogP) is 4.77. The second kappa shape index (κ2) is 7.49. The number of hydrogen-bond acceptors (Lipinski definition) is 3. The molecule has 122 valence electrons. The Morgan fingerprint density at radius 1 is 1.13 bits per heavy atom. The van der Waals surface area contributed by atoms with Crippen molar-refractivity contribution in [3.8, 4) is 0 Å². The minimum Gasteiger partial charge on any atom is -0.372 e. The van der Waals surface area contributed by atoms with Gasteiger partial charge in [0.15, 0.2) is 0 Å². The summed E-state index contributed by atoms with van der Waals surface area (Å²) in [6.45, 7) is 2.95. The Bertz CT molecular complexity index is 662. The summed E-state index contributed by atoms with van der Waals surface area (Å²) < 4.78 is 0.986. The van der Waals surface area contributed by atoms with Gasteiger partial charge < -0.3 is 9.80 Å². The van der Waals surface area contributed by atoms with Gasteiger partial charge in [0, 0.05) is 32.4 Å². The number of carbonyl (C=O) groups is 1. The first-order valence-electron chi connectivity index (χ1n) is 7.98. The maximum atomic E-state index is 12.4. The van der Waals surface area contributed by atoms with E-state index in [1.54, 1.807) is 4.90 Å². The van der Waals surface area contributed by atoms with Gasteiger partial charge in [-0.25, -0.2) is 0 Å². The molecule has 5 heteroatoms. The van der Waals surface area contributed by atoms with Crippen LogP contribution in [0.1, 0.15) is 34.5 Å². The van der Waals surface area contributed by atoms with Gasteiger partial charge in [0.25, 0.3) is 5.91 Å². The molecule has 0 spiro atoms. The fourth-order valence-corrected chi connectivity index (χ4v) is 4.31. The van der Waals surface area contributed by atoms with Gasteiger partial charge >= 0.3 is 0 Å². The number of hydrogen-bond donors (Lipinski definition) is 0. The number of benzene rings is 1. The lowest BCUT2D eigenvalue weighted by atomic mass is 10.1. The topological polar surface area (TPSA) is 23.6 Å². The van der Waals surface area contributed by atoms with Crippen LogP contribution in [0.3, 0.4) is 0 Å². The highest BCUT2D eigenvalue weighted by atomic mass is 79.9. The summed E-state index contributed by atoms with van der Waals surface area (Å²) in [7, 11) is 1.86. The Balaban J connectivity index is 1.62. The van der Waals surface area contributed by atoms with Crippen LogP contribution < -0.4 is 4.90 Å². The molecule has 2 heterocycles. The number of amides is 1. The Morgan fingerprint density at radius 2 is 1.83 bits per heavy atom. The average Bonchev–Trinajstić information content (AvgIpc) is 3.02. The van der Waals surface area contributed by atoms with Crippen LogP contribution in [-0.2, 0) is 6.54 Å². The Labute approximate surface area is 150 Å². The first-order valence-corrected chi connectivity index (χ1v) is 9.59. The molecular formula is C18H21BrN2OS. The maximum Gasteiger partial charge on any atom is 0.264 e. The predicted molar refractivity (Wildman–Crippen MR) is 100 cm³/mol. The zero-order chi connectivity index (χ0) is 16.2. The summed E-state index contributed by atoms with van der Waals surface area (Å²) in [6, 6.07) is 12.4. The van der Waals surface area contributed by atoms with Crippen molar-refractivity contribution in [2.45, 2.75) is 25.8 Å². The van der Waals surface area contributed by atoms with E-state index in [1.807, 2.05) is 19.2 Å². The molecular weight excluding hydrogens is 372 g/mol. The van der Waals surface area contributed by atoms with Gasteiger partial charge in [-0.15, -0.1) is 11.3 Å². The number of carbonyl (C=O) groups excluding carboxylic acids is 1. The van der Waals surface area contributed by atoms with E-state index in [0.29, 0.717) is 6.54 Å². The summed E-state index contributed by atoms with van der Waals surface area (Å²) in [4.78, 5) is 17.4. The van der Waals surface area contributed by atoms with Crippen molar-refractivity contribution in [3.63, 3.8) is 0 Å². The molecule has 0 bridgehead atoms. The van der Waals surface area contributed by atoms with Crippen LogP contribution >= 0.6 is 27.3 Å². The number of halogens is 1. The molecule has 0 aliphatic carbocycles. The van der Waals surface area contributed by atoms with Crippen molar-refractivity contribution < 1.29 is 4.79 Å². The number of nitrogens with zero attached hydrogens (tertiary/aromatic N) is 2. The number of thiophene rings is 1.